The lowest BCUT2D eigenvalue weighted by Gasteiger charge is -2.33. The third kappa shape index (κ3) is 3.94. The molecule has 1 aliphatic heterocycles. The summed E-state index contributed by atoms with van der Waals surface area (Å²) in [5, 5.41) is 5.54. The molecule has 3 heterocycles. The third-order valence-electron chi connectivity index (χ3n) is 5.72. The summed E-state index contributed by atoms with van der Waals surface area (Å²) < 4.78 is 42.3. The van der Waals surface area contributed by atoms with Crippen molar-refractivity contribution in [2.45, 2.75) is 11.8 Å². The molecule has 1 aliphatic rings. The molecule has 1 amide bonds. The Morgan fingerprint density at radius 2 is 1.73 bits per heavy atom. The second kappa shape index (κ2) is 8.36. The van der Waals surface area contributed by atoms with Crippen LogP contribution in [0.1, 0.15) is 15.4 Å². The van der Waals surface area contributed by atoms with Gasteiger partial charge in [0, 0.05) is 31.6 Å². The first-order chi connectivity index (χ1) is 15.8. The maximum absolute atomic E-state index is 13.5. The number of hydrogen-bond acceptors (Lipinski definition) is 5. The van der Waals surface area contributed by atoms with Gasteiger partial charge in [-0.1, -0.05) is 24.3 Å². The van der Waals surface area contributed by atoms with Gasteiger partial charge in [0.1, 0.15) is 10.6 Å². The molecular weight excluding hydrogens is 463 g/mol. The lowest BCUT2D eigenvalue weighted by molar-refractivity contribution is 0.0703. The number of nitrogens with zero attached hydrogens (tertiary/aromatic N) is 4. The van der Waals surface area contributed by atoms with Crippen LogP contribution in [0.25, 0.3) is 15.9 Å². The van der Waals surface area contributed by atoms with E-state index >= 15 is 0 Å². The molecule has 1 fully saturated rings. The van der Waals surface area contributed by atoms with E-state index in [4.69, 9.17) is 0 Å². The summed E-state index contributed by atoms with van der Waals surface area (Å²) in [4.78, 5) is 16.3. The van der Waals surface area contributed by atoms with Crippen molar-refractivity contribution < 1.29 is 17.6 Å². The fraction of sp³-hybridized carbons (Fsp3) is 0.217. The number of halogens is 1. The number of aryl methyl sites for hydroxylation is 1. The van der Waals surface area contributed by atoms with E-state index in [9.17, 15) is 17.6 Å². The molecule has 0 atom stereocenters. The minimum atomic E-state index is -3.81. The van der Waals surface area contributed by atoms with Crippen LogP contribution in [0.4, 0.5) is 4.39 Å². The number of fused-ring (bicyclic) bond motifs is 1. The Bertz CT molecular complexity index is 1440. The minimum Gasteiger partial charge on any atom is -0.335 e. The van der Waals surface area contributed by atoms with E-state index in [1.54, 1.807) is 4.90 Å². The average molecular weight is 485 g/mol. The van der Waals surface area contributed by atoms with Gasteiger partial charge in [-0.15, -0.1) is 11.3 Å². The van der Waals surface area contributed by atoms with Gasteiger partial charge in [-0.05, 0) is 43.3 Å². The van der Waals surface area contributed by atoms with Gasteiger partial charge in [0.25, 0.3) is 5.91 Å². The Balaban J connectivity index is 1.34. The smallest absolute Gasteiger partial charge is 0.264 e. The summed E-state index contributed by atoms with van der Waals surface area (Å²) in [6.07, 6.45) is 0. The monoisotopic (exact) mass is 484 g/mol. The number of amides is 1. The third-order valence-corrected chi connectivity index (χ3v) is 8.71. The van der Waals surface area contributed by atoms with Crippen molar-refractivity contribution >= 4 is 37.5 Å². The molecular formula is C23H21FN4O3S2. The maximum atomic E-state index is 13.5. The van der Waals surface area contributed by atoms with E-state index in [0.717, 1.165) is 27.7 Å². The Labute approximate surface area is 194 Å². The van der Waals surface area contributed by atoms with Crippen LogP contribution in [0.5, 0.6) is 0 Å². The number of para-hydroxylation sites is 1. The fourth-order valence-corrected chi connectivity index (χ4v) is 6.57. The molecule has 0 saturated carbocycles. The summed E-state index contributed by atoms with van der Waals surface area (Å²) >= 11 is 1.38. The van der Waals surface area contributed by atoms with Gasteiger partial charge in [-0.2, -0.15) is 9.40 Å². The van der Waals surface area contributed by atoms with Gasteiger partial charge < -0.3 is 4.90 Å². The molecule has 33 heavy (non-hydrogen) atoms. The molecule has 0 bridgehead atoms. The predicted octanol–water partition coefficient (Wildman–Crippen LogP) is 3.68. The molecule has 0 aliphatic carbocycles. The molecule has 1 saturated heterocycles. The molecule has 2 aromatic carbocycles. The topological polar surface area (TPSA) is 75.5 Å². The summed E-state index contributed by atoms with van der Waals surface area (Å²) in [6.45, 7) is 2.77. The summed E-state index contributed by atoms with van der Waals surface area (Å²) in [7, 11) is -3.81. The number of aromatic nitrogens is 2. The molecule has 2 aromatic heterocycles. The van der Waals surface area contributed by atoms with Crippen LogP contribution in [-0.2, 0) is 10.0 Å². The molecule has 170 valence electrons. The molecule has 0 spiro atoms. The van der Waals surface area contributed by atoms with E-state index in [2.05, 4.69) is 5.10 Å². The first-order valence-corrected chi connectivity index (χ1v) is 12.7. The Kier molecular flexibility index (Phi) is 5.51. The van der Waals surface area contributed by atoms with Crippen molar-refractivity contribution in [1.82, 2.24) is 19.0 Å². The predicted molar refractivity (Wildman–Crippen MR) is 125 cm³/mol. The van der Waals surface area contributed by atoms with Crippen LogP contribution in [0.15, 0.2) is 65.6 Å². The second-order valence-electron chi connectivity index (χ2n) is 7.82. The molecule has 10 heteroatoms. The zero-order chi connectivity index (χ0) is 23.2. The second-order valence-corrected chi connectivity index (χ2v) is 10.8. The van der Waals surface area contributed by atoms with Crippen LogP contribution in [0.3, 0.4) is 0 Å². The highest BCUT2D eigenvalue weighted by atomic mass is 32.2. The highest BCUT2D eigenvalue weighted by molar-refractivity contribution is 7.89. The number of benzene rings is 2. The van der Waals surface area contributed by atoms with E-state index in [1.165, 1.54) is 33.8 Å². The van der Waals surface area contributed by atoms with Gasteiger partial charge in [0.15, 0.2) is 0 Å². The van der Waals surface area contributed by atoms with Crippen molar-refractivity contribution in [2.75, 3.05) is 26.2 Å². The Morgan fingerprint density at radius 1 is 1.00 bits per heavy atom. The quantitative estimate of drug-likeness (QED) is 0.443. The van der Waals surface area contributed by atoms with E-state index < -0.39 is 15.8 Å². The number of rotatable bonds is 4. The van der Waals surface area contributed by atoms with Gasteiger partial charge in [-0.25, -0.2) is 17.5 Å². The highest BCUT2D eigenvalue weighted by Gasteiger charge is 2.31. The molecule has 0 N–H and O–H groups in total. The Morgan fingerprint density at radius 3 is 2.42 bits per heavy atom. The molecule has 4 aromatic rings. The van der Waals surface area contributed by atoms with Crippen molar-refractivity contribution in [3.8, 4) is 5.69 Å². The van der Waals surface area contributed by atoms with Crippen LogP contribution >= 0.6 is 11.3 Å². The zero-order valence-corrected chi connectivity index (χ0v) is 19.4. The van der Waals surface area contributed by atoms with E-state index in [-0.39, 0.29) is 37.0 Å². The lowest BCUT2D eigenvalue weighted by atomic mass is 10.2. The first-order valence-electron chi connectivity index (χ1n) is 10.4. The number of carbonyl (C=O) groups excluding carboxylic acids is 1. The molecule has 0 radical (unpaired) electrons. The first kappa shape index (κ1) is 21.7. The van der Waals surface area contributed by atoms with Gasteiger partial charge in [0.2, 0.25) is 10.0 Å². The largest absolute Gasteiger partial charge is 0.335 e. The zero-order valence-electron chi connectivity index (χ0n) is 17.8. The standard InChI is InChI=1S/C23H21FN4O3S2/c1-16-20-15-21(32-23(20)28(25-16)18-7-3-2-4-8-18)22(29)26-10-12-27(13-11-26)33(30,31)19-9-5-6-17(24)14-19/h2-9,14-15H,10-13H2,1H3. The number of hydrogen-bond donors (Lipinski definition) is 0. The fourth-order valence-electron chi connectivity index (χ4n) is 3.96. The van der Waals surface area contributed by atoms with Crippen LogP contribution in [0.2, 0.25) is 0 Å². The number of sulfonamides is 1. The van der Waals surface area contributed by atoms with Crippen molar-refractivity contribution in [3.05, 3.63) is 77.1 Å². The molecule has 7 nitrogen and oxygen atoms in total. The SMILES string of the molecule is Cc1nn(-c2ccccc2)c2sc(C(=O)N3CCN(S(=O)(=O)c4cccc(F)c4)CC3)cc12. The van der Waals surface area contributed by atoms with Crippen molar-refractivity contribution in [1.29, 1.82) is 0 Å². The van der Waals surface area contributed by atoms with Crippen molar-refractivity contribution in [3.63, 3.8) is 0 Å². The van der Waals surface area contributed by atoms with Crippen LogP contribution in [-0.4, -0.2) is 59.5 Å². The minimum absolute atomic E-state index is 0.0762. The maximum Gasteiger partial charge on any atom is 0.264 e. The highest BCUT2D eigenvalue weighted by Crippen LogP contribution is 2.31. The average Bonchev–Trinajstić information content (AvgIpc) is 3.40. The summed E-state index contributed by atoms with van der Waals surface area (Å²) in [5.74, 6) is -0.725. The lowest BCUT2D eigenvalue weighted by Crippen LogP contribution is -2.50. The van der Waals surface area contributed by atoms with Crippen LogP contribution < -0.4 is 0 Å². The van der Waals surface area contributed by atoms with Crippen molar-refractivity contribution in [2.24, 2.45) is 0 Å². The normalized spacial score (nSPS) is 15.3. The summed E-state index contributed by atoms with van der Waals surface area (Å²) in [5.41, 5.74) is 1.77. The molecule has 5 rings (SSSR count). The van der Waals surface area contributed by atoms with Crippen LogP contribution in [0, 0.1) is 12.7 Å². The van der Waals surface area contributed by atoms with Gasteiger partial charge in [-0.3, -0.25) is 4.79 Å². The number of carbonyl (C=O) groups is 1. The summed E-state index contributed by atoms with van der Waals surface area (Å²) in [6, 6.07) is 16.6. The molecule has 0 unspecified atom stereocenters. The Hall–Kier alpha value is -3.08. The van der Waals surface area contributed by atoms with Gasteiger partial charge >= 0.3 is 0 Å². The van der Waals surface area contributed by atoms with E-state index in [0.29, 0.717) is 4.88 Å². The number of piperazine rings is 1. The van der Waals surface area contributed by atoms with Gasteiger partial charge in [0.05, 0.1) is 21.2 Å². The van der Waals surface area contributed by atoms with E-state index in [1.807, 2.05) is 48.0 Å². The number of thiophene rings is 1.